The minimum absolute atomic E-state index is 0.485. The first-order valence-corrected chi connectivity index (χ1v) is 6.21. The number of aryl methyl sites for hydroxylation is 2. The highest BCUT2D eigenvalue weighted by molar-refractivity contribution is 5.43. The maximum atomic E-state index is 5.33. The van der Waals surface area contributed by atoms with Crippen molar-refractivity contribution in [3.05, 3.63) is 28.8 Å². The summed E-state index contributed by atoms with van der Waals surface area (Å²) in [6.07, 6.45) is 1.87. The number of rotatable bonds is 3. The van der Waals surface area contributed by atoms with E-state index in [9.17, 15) is 0 Å². The van der Waals surface area contributed by atoms with Crippen LogP contribution in [0.1, 0.15) is 49.3 Å². The first kappa shape index (κ1) is 13.6. The van der Waals surface area contributed by atoms with Crippen LogP contribution in [0.3, 0.4) is 0 Å². The van der Waals surface area contributed by atoms with Crippen LogP contribution in [0, 0.1) is 25.7 Å². The molecule has 0 bridgehead atoms. The van der Waals surface area contributed by atoms with E-state index < -0.39 is 0 Å². The molecule has 1 atom stereocenters. The molecule has 0 saturated carbocycles. The predicted molar refractivity (Wildman–Crippen MR) is 73.6 cm³/mol. The van der Waals surface area contributed by atoms with Gasteiger partial charge < -0.3 is 4.74 Å². The third kappa shape index (κ3) is 3.53. The summed E-state index contributed by atoms with van der Waals surface area (Å²) in [5.41, 5.74) is 3.87. The van der Waals surface area contributed by atoms with Crippen LogP contribution in [0.2, 0.25) is 0 Å². The largest absolute Gasteiger partial charge is 0.496 e. The van der Waals surface area contributed by atoms with E-state index in [1.54, 1.807) is 7.11 Å². The van der Waals surface area contributed by atoms with Crippen LogP contribution in [0.25, 0.3) is 0 Å². The van der Waals surface area contributed by atoms with Gasteiger partial charge in [-0.25, -0.2) is 0 Å². The number of methoxy groups -OCH3 is 1. The highest BCUT2D eigenvalue weighted by atomic mass is 16.5. The molecule has 0 aromatic heterocycles. The van der Waals surface area contributed by atoms with Crippen molar-refractivity contribution in [1.29, 1.82) is 0 Å². The fourth-order valence-electron chi connectivity index (χ4n) is 2.02. The molecule has 1 heteroatoms. The summed E-state index contributed by atoms with van der Waals surface area (Å²) in [6, 6.07) is 4.35. The molecule has 0 aliphatic carbocycles. The Kier molecular flexibility index (Phi) is 5.10. The Morgan fingerprint density at radius 3 is 2.47 bits per heavy atom. The van der Waals surface area contributed by atoms with E-state index in [4.69, 9.17) is 4.74 Å². The molecule has 0 N–H and O–H groups in total. The Morgan fingerprint density at radius 1 is 1.18 bits per heavy atom. The first-order chi connectivity index (χ1) is 8.10. The monoisotopic (exact) mass is 230 g/mol. The van der Waals surface area contributed by atoms with Gasteiger partial charge in [0.1, 0.15) is 5.75 Å². The standard InChI is InChI=1S/C16H22O/c1-6-7-8-9-12(2)15-10-14(4)16(17-5)11-13(15)3/h10-12H,6,9H2,1-5H3. The van der Waals surface area contributed by atoms with Crippen LogP contribution in [0.15, 0.2) is 12.1 Å². The fourth-order valence-corrected chi connectivity index (χ4v) is 2.02. The lowest BCUT2D eigenvalue weighted by molar-refractivity contribution is 0.411. The number of ether oxygens (including phenoxy) is 1. The molecule has 1 rings (SSSR count). The van der Waals surface area contributed by atoms with Crippen molar-refractivity contribution in [2.75, 3.05) is 7.11 Å². The van der Waals surface area contributed by atoms with Crippen LogP contribution < -0.4 is 4.74 Å². The second kappa shape index (κ2) is 6.35. The van der Waals surface area contributed by atoms with E-state index in [1.807, 2.05) is 0 Å². The van der Waals surface area contributed by atoms with Gasteiger partial charge >= 0.3 is 0 Å². The van der Waals surface area contributed by atoms with Gasteiger partial charge in [0, 0.05) is 12.8 Å². The summed E-state index contributed by atoms with van der Waals surface area (Å²) < 4.78 is 5.33. The number of hydrogen-bond acceptors (Lipinski definition) is 1. The van der Waals surface area contributed by atoms with Gasteiger partial charge in [-0.2, -0.15) is 0 Å². The van der Waals surface area contributed by atoms with E-state index in [-0.39, 0.29) is 0 Å². The van der Waals surface area contributed by atoms with Crippen molar-refractivity contribution in [3.8, 4) is 17.6 Å². The summed E-state index contributed by atoms with van der Waals surface area (Å²) in [7, 11) is 1.72. The second-order valence-electron chi connectivity index (χ2n) is 4.49. The lowest BCUT2D eigenvalue weighted by atomic mass is 9.92. The number of hydrogen-bond donors (Lipinski definition) is 0. The fraction of sp³-hybridized carbons (Fsp3) is 0.500. The van der Waals surface area contributed by atoms with E-state index in [1.165, 1.54) is 16.7 Å². The van der Waals surface area contributed by atoms with Crippen molar-refractivity contribution in [2.24, 2.45) is 0 Å². The lowest BCUT2D eigenvalue weighted by Gasteiger charge is -2.15. The average molecular weight is 230 g/mol. The predicted octanol–water partition coefficient (Wildman–Crippen LogP) is 4.22. The molecule has 1 aromatic rings. The molecule has 0 radical (unpaired) electrons. The van der Waals surface area contributed by atoms with E-state index in [0.717, 1.165) is 18.6 Å². The van der Waals surface area contributed by atoms with Crippen molar-refractivity contribution < 1.29 is 4.74 Å². The molecule has 17 heavy (non-hydrogen) atoms. The van der Waals surface area contributed by atoms with Crippen molar-refractivity contribution in [2.45, 2.75) is 46.5 Å². The minimum Gasteiger partial charge on any atom is -0.496 e. The van der Waals surface area contributed by atoms with E-state index >= 15 is 0 Å². The van der Waals surface area contributed by atoms with Gasteiger partial charge in [-0.3, -0.25) is 0 Å². The molecule has 0 saturated heterocycles. The van der Waals surface area contributed by atoms with E-state index in [0.29, 0.717) is 5.92 Å². The Morgan fingerprint density at radius 2 is 1.88 bits per heavy atom. The zero-order valence-corrected chi connectivity index (χ0v) is 11.6. The average Bonchev–Trinajstić information content (AvgIpc) is 2.31. The maximum absolute atomic E-state index is 5.33. The zero-order valence-electron chi connectivity index (χ0n) is 11.6. The molecule has 0 heterocycles. The highest BCUT2D eigenvalue weighted by Crippen LogP contribution is 2.28. The van der Waals surface area contributed by atoms with Crippen LogP contribution in [0.5, 0.6) is 5.75 Å². The molecule has 0 fully saturated rings. The van der Waals surface area contributed by atoms with E-state index in [2.05, 4.69) is 51.7 Å². The molecular weight excluding hydrogens is 208 g/mol. The number of benzene rings is 1. The normalized spacial score (nSPS) is 11.6. The third-order valence-electron chi connectivity index (χ3n) is 3.02. The van der Waals surface area contributed by atoms with Gasteiger partial charge in [0.2, 0.25) is 0 Å². The second-order valence-corrected chi connectivity index (χ2v) is 4.49. The Labute approximate surface area is 105 Å². The molecule has 1 unspecified atom stereocenters. The Bertz CT molecular complexity index is 435. The third-order valence-corrected chi connectivity index (χ3v) is 3.02. The minimum atomic E-state index is 0.485. The molecule has 0 amide bonds. The zero-order chi connectivity index (χ0) is 12.8. The summed E-state index contributed by atoms with van der Waals surface area (Å²) in [4.78, 5) is 0. The quantitative estimate of drug-likeness (QED) is 0.706. The molecule has 0 aliphatic rings. The van der Waals surface area contributed by atoms with Gasteiger partial charge in [-0.1, -0.05) is 19.9 Å². The lowest BCUT2D eigenvalue weighted by Crippen LogP contribution is -1.98. The molecular formula is C16H22O. The van der Waals surface area contributed by atoms with Gasteiger partial charge in [0.15, 0.2) is 0 Å². The van der Waals surface area contributed by atoms with Gasteiger partial charge in [0.05, 0.1) is 7.11 Å². The topological polar surface area (TPSA) is 9.23 Å². The summed E-state index contributed by atoms with van der Waals surface area (Å²) >= 11 is 0. The molecule has 92 valence electrons. The van der Waals surface area contributed by atoms with Crippen LogP contribution in [0.4, 0.5) is 0 Å². The van der Waals surface area contributed by atoms with Crippen molar-refractivity contribution in [1.82, 2.24) is 0 Å². The molecule has 1 aromatic carbocycles. The van der Waals surface area contributed by atoms with Crippen molar-refractivity contribution >= 4 is 0 Å². The van der Waals surface area contributed by atoms with Gasteiger partial charge in [-0.15, -0.1) is 11.8 Å². The Balaban J connectivity index is 2.94. The summed E-state index contributed by atoms with van der Waals surface area (Å²) in [5.74, 6) is 7.81. The van der Waals surface area contributed by atoms with Crippen LogP contribution in [-0.4, -0.2) is 7.11 Å². The molecule has 0 aliphatic heterocycles. The summed E-state index contributed by atoms with van der Waals surface area (Å²) in [5, 5.41) is 0. The van der Waals surface area contributed by atoms with Crippen molar-refractivity contribution in [3.63, 3.8) is 0 Å². The smallest absolute Gasteiger partial charge is 0.122 e. The Hall–Kier alpha value is -1.42. The van der Waals surface area contributed by atoms with Gasteiger partial charge in [-0.05, 0) is 42.5 Å². The van der Waals surface area contributed by atoms with Gasteiger partial charge in [0.25, 0.3) is 0 Å². The van der Waals surface area contributed by atoms with Crippen LogP contribution in [-0.2, 0) is 0 Å². The van der Waals surface area contributed by atoms with Crippen LogP contribution >= 0.6 is 0 Å². The molecule has 0 spiro atoms. The highest BCUT2D eigenvalue weighted by Gasteiger charge is 2.10. The SMILES string of the molecule is CCC#CCC(C)c1cc(C)c(OC)cc1C. The maximum Gasteiger partial charge on any atom is 0.122 e. The first-order valence-electron chi connectivity index (χ1n) is 6.21. The summed E-state index contributed by atoms with van der Waals surface area (Å²) in [6.45, 7) is 8.55. The molecule has 1 nitrogen and oxygen atoms in total.